The van der Waals surface area contributed by atoms with Crippen LogP contribution in [0.1, 0.15) is 31.2 Å². The van der Waals surface area contributed by atoms with Gasteiger partial charge in [-0.15, -0.1) is 0 Å². The highest BCUT2D eigenvalue weighted by Gasteiger charge is 2.37. The van der Waals surface area contributed by atoms with E-state index in [9.17, 15) is 0 Å². The normalized spacial score (nSPS) is 18.6. The summed E-state index contributed by atoms with van der Waals surface area (Å²) in [6.07, 6.45) is 5.59. The lowest BCUT2D eigenvalue weighted by atomic mass is 10.1. The predicted molar refractivity (Wildman–Crippen MR) is 80.5 cm³/mol. The average Bonchev–Trinajstić information content (AvgIpc) is 3.29. The van der Waals surface area contributed by atoms with Crippen LogP contribution in [0.5, 0.6) is 0 Å². The molecule has 2 fully saturated rings. The molecule has 102 valence electrons. The van der Waals surface area contributed by atoms with Crippen molar-refractivity contribution < 1.29 is 0 Å². The maximum absolute atomic E-state index is 4.90. The van der Waals surface area contributed by atoms with Crippen LogP contribution in [0.25, 0.3) is 0 Å². The molecule has 0 bridgehead atoms. The third kappa shape index (κ3) is 3.90. The fourth-order valence-corrected chi connectivity index (χ4v) is 2.67. The zero-order valence-electron chi connectivity index (χ0n) is 11.9. The molecule has 2 aliphatic rings. The molecule has 0 aromatic heterocycles. The Labute approximate surface area is 116 Å². The Bertz CT molecular complexity index is 416. The summed E-state index contributed by atoms with van der Waals surface area (Å²) in [5, 5.41) is 0. The van der Waals surface area contributed by atoms with E-state index in [1.165, 1.54) is 31.2 Å². The SMILES string of the molecule is CN(CCN=C(C1CC1)C1CC1)Cc1ccccc1. The summed E-state index contributed by atoms with van der Waals surface area (Å²) in [4.78, 5) is 7.28. The molecule has 0 N–H and O–H groups in total. The number of hydrogen-bond acceptors (Lipinski definition) is 2. The number of hydrogen-bond donors (Lipinski definition) is 0. The van der Waals surface area contributed by atoms with Crippen molar-refractivity contribution in [1.82, 2.24) is 4.90 Å². The number of likely N-dealkylation sites (N-methyl/N-ethyl adjacent to an activating group) is 1. The number of benzene rings is 1. The Morgan fingerprint density at radius 2 is 1.74 bits per heavy atom. The van der Waals surface area contributed by atoms with Gasteiger partial charge in [-0.05, 0) is 50.1 Å². The Morgan fingerprint density at radius 1 is 1.11 bits per heavy atom. The molecule has 0 radical (unpaired) electrons. The predicted octanol–water partition coefficient (Wildman–Crippen LogP) is 3.38. The fraction of sp³-hybridized carbons (Fsp3) is 0.588. The van der Waals surface area contributed by atoms with Crippen LogP contribution >= 0.6 is 0 Å². The molecule has 1 aromatic rings. The summed E-state index contributed by atoms with van der Waals surface area (Å²) in [6, 6.07) is 10.7. The van der Waals surface area contributed by atoms with Crippen molar-refractivity contribution in [1.29, 1.82) is 0 Å². The van der Waals surface area contributed by atoms with Gasteiger partial charge in [0, 0.05) is 18.8 Å². The molecular weight excluding hydrogens is 232 g/mol. The Morgan fingerprint density at radius 3 is 2.32 bits per heavy atom. The highest BCUT2D eigenvalue weighted by molar-refractivity contribution is 5.92. The molecule has 2 aliphatic carbocycles. The largest absolute Gasteiger partial charge is 0.300 e. The fourth-order valence-electron chi connectivity index (χ4n) is 2.67. The van der Waals surface area contributed by atoms with Crippen molar-refractivity contribution in [3.05, 3.63) is 35.9 Å². The molecular formula is C17H24N2. The molecule has 2 saturated carbocycles. The number of rotatable bonds is 7. The van der Waals surface area contributed by atoms with Gasteiger partial charge < -0.3 is 4.90 Å². The third-order valence-corrected chi connectivity index (χ3v) is 4.06. The quantitative estimate of drug-likeness (QED) is 0.683. The minimum Gasteiger partial charge on any atom is -0.300 e. The molecule has 0 unspecified atom stereocenters. The minimum atomic E-state index is 0.868. The van der Waals surface area contributed by atoms with Gasteiger partial charge >= 0.3 is 0 Å². The van der Waals surface area contributed by atoms with Crippen molar-refractivity contribution in [3.8, 4) is 0 Å². The van der Waals surface area contributed by atoms with Crippen molar-refractivity contribution in [2.45, 2.75) is 32.2 Å². The van der Waals surface area contributed by atoms with E-state index < -0.39 is 0 Å². The van der Waals surface area contributed by atoms with Crippen LogP contribution in [0.2, 0.25) is 0 Å². The van der Waals surface area contributed by atoms with E-state index in [1.54, 1.807) is 5.71 Å². The van der Waals surface area contributed by atoms with Crippen LogP contribution in [0.3, 0.4) is 0 Å². The average molecular weight is 256 g/mol. The highest BCUT2D eigenvalue weighted by Crippen LogP contribution is 2.42. The Balaban J connectivity index is 1.45. The molecule has 2 heteroatoms. The topological polar surface area (TPSA) is 15.6 Å². The van der Waals surface area contributed by atoms with Crippen LogP contribution in [0.4, 0.5) is 0 Å². The maximum Gasteiger partial charge on any atom is 0.0516 e. The lowest BCUT2D eigenvalue weighted by Crippen LogP contribution is -2.21. The zero-order valence-corrected chi connectivity index (χ0v) is 11.9. The lowest BCUT2D eigenvalue weighted by molar-refractivity contribution is 0.336. The molecule has 1 aromatic carbocycles. The monoisotopic (exact) mass is 256 g/mol. The molecule has 0 aliphatic heterocycles. The lowest BCUT2D eigenvalue weighted by Gasteiger charge is -2.15. The molecule has 2 nitrogen and oxygen atoms in total. The maximum atomic E-state index is 4.90. The van der Waals surface area contributed by atoms with E-state index in [1.807, 2.05) is 0 Å². The van der Waals surface area contributed by atoms with Crippen molar-refractivity contribution in [2.75, 3.05) is 20.1 Å². The van der Waals surface area contributed by atoms with Crippen LogP contribution in [0, 0.1) is 11.8 Å². The van der Waals surface area contributed by atoms with Gasteiger partial charge in [-0.1, -0.05) is 30.3 Å². The van der Waals surface area contributed by atoms with E-state index in [2.05, 4.69) is 42.3 Å². The minimum absolute atomic E-state index is 0.868. The van der Waals surface area contributed by atoms with E-state index in [4.69, 9.17) is 4.99 Å². The Hall–Kier alpha value is -1.15. The second-order valence-electron chi connectivity index (χ2n) is 6.08. The zero-order chi connectivity index (χ0) is 13.1. The standard InChI is InChI=1S/C17H24N2/c1-19(13-14-5-3-2-4-6-14)12-11-18-17(15-7-8-15)16-9-10-16/h2-6,15-16H,7-13H2,1H3. The molecule has 0 heterocycles. The summed E-state index contributed by atoms with van der Waals surface area (Å²) < 4.78 is 0. The smallest absolute Gasteiger partial charge is 0.0516 e. The number of aliphatic imine (C=N–C) groups is 1. The first kappa shape index (κ1) is 12.9. The summed E-state index contributed by atoms with van der Waals surface area (Å²) in [5.74, 6) is 1.74. The van der Waals surface area contributed by atoms with Gasteiger partial charge in [0.2, 0.25) is 0 Å². The molecule has 3 rings (SSSR count). The van der Waals surface area contributed by atoms with Crippen molar-refractivity contribution >= 4 is 5.71 Å². The summed E-state index contributed by atoms with van der Waals surface area (Å²) >= 11 is 0. The molecule has 0 saturated heterocycles. The van der Waals surface area contributed by atoms with Gasteiger partial charge in [-0.3, -0.25) is 4.99 Å². The van der Waals surface area contributed by atoms with Crippen molar-refractivity contribution in [3.63, 3.8) is 0 Å². The van der Waals surface area contributed by atoms with Gasteiger partial charge in [0.25, 0.3) is 0 Å². The molecule has 0 spiro atoms. The van der Waals surface area contributed by atoms with E-state index in [0.717, 1.165) is 31.5 Å². The first-order valence-corrected chi connectivity index (χ1v) is 7.59. The van der Waals surface area contributed by atoms with E-state index in [-0.39, 0.29) is 0 Å². The van der Waals surface area contributed by atoms with Crippen LogP contribution in [-0.4, -0.2) is 30.7 Å². The number of nitrogens with zero attached hydrogens (tertiary/aromatic N) is 2. The van der Waals surface area contributed by atoms with Gasteiger partial charge in [-0.2, -0.15) is 0 Å². The summed E-state index contributed by atoms with van der Waals surface area (Å²) in [5.41, 5.74) is 2.95. The van der Waals surface area contributed by atoms with Crippen LogP contribution < -0.4 is 0 Å². The molecule has 19 heavy (non-hydrogen) atoms. The molecule has 0 amide bonds. The summed E-state index contributed by atoms with van der Waals surface area (Å²) in [7, 11) is 2.19. The first-order chi connectivity index (χ1) is 9.33. The Kier molecular flexibility index (Phi) is 3.97. The highest BCUT2D eigenvalue weighted by atomic mass is 15.1. The molecule has 0 atom stereocenters. The van der Waals surface area contributed by atoms with Crippen molar-refractivity contribution in [2.24, 2.45) is 16.8 Å². The van der Waals surface area contributed by atoms with Gasteiger partial charge in [0.15, 0.2) is 0 Å². The third-order valence-electron chi connectivity index (χ3n) is 4.06. The van der Waals surface area contributed by atoms with E-state index >= 15 is 0 Å². The van der Waals surface area contributed by atoms with Gasteiger partial charge in [-0.25, -0.2) is 0 Å². The second-order valence-corrected chi connectivity index (χ2v) is 6.08. The first-order valence-electron chi connectivity index (χ1n) is 7.59. The van der Waals surface area contributed by atoms with Crippen LogP contribution in [0.15, 0.2) is 35.3 Å². The summed E-state index contributed by atoms with van der Waals surface area (Å²) in [6.45, 7) is 3.07. The van der Waals surface area contributed by atoms with E-state index in [0.29, 0.717) is 0 Å². The van der Waals surface area contributed by atoms with Crippen LogP contribution in [-0.2, 0) is 6.54 Å². The van der Waals surface area contributed by atoms with Gasteiger partial charge in [0.1, 0.15) is 0 Å². The van der Waals surface area contributed by atoms with Gasteiger partial charge in [0.05, 0.1) is 6.54 Å². The second kappa shape index (κ2) is 5.87.